The molecule has 0 amide bonds. The second kappa shape index (κ2) is 5.03. The number of nitrogens with one attached hydrogen (secondary N) is 1. The van der Waals surface area contributed by atoms with Crippen molar-refractivity contribution in [1.82, 2.24) is 4.98 Å². The van der Waals surface area contributed by atoms with Crippen LogP contribution < -0.4 is 5.32 Å². The van der Waals surface area contributed by atoms with E-state index in [9.17, 15) is 0 Å². The minimum Gasteiger partial charge on any atom is -0.451 e. The second-order valence-electron chi connectivity index (χ2n) is 3.72. The van der Waals surface area contributed by atoms with E-state index >= 15 is 0 Å². The molecule has 0 aliphatic heterocycles. The maximum atomic E-state index is 5.51. The van der Waals surface area contributed by atoms with Gasteiger partial charge in [-0.3, -0.25) is 0 Å². The molecule has 3 aromatic rings. The molecule has 0 unspecified atom stereocenters. The molecule has 0 fully saturated rings. The summed E-state index contributed by atoms with van der Waals surface area (Å²) in [6, 6.07) is 8.08. The van der Waals surface area contributed by atoms with Crippen molar-refractivity contribution in [3.8, 4) is 0 Å². The molecule has 92 valence electrons. The molecular formula is C12H8Br2N2OS. The smallest absolute Gasteiger partial charge is 0.183 e. The number of aromatic nitrogens is 1. The normalized spacial score (nSPS) is 11.0. The van der Waals surface area contributed by atoms with Crippen LogP contribution in [0.15, 0.2) is 43.3 Å². The molecule has 6 heteroatoms. The first kappa shape index (κ1) is 12.2. The first-order valence-corrected chi connectivity index (χ1v) is 7.70. The van der Waals surface area contributed by atoms with E-state index in [-0.39, 0.29) is 0 Å². The molecule has 0 saturated heterocycles. The van der Waals surface area contributed by atoms with Crippen LogP contribution in [0.3, 0.4) is 0 Å². The van der Waals surface area contributed by atoms with E-state index < -0.39 is 0 Å². The number of anilines is 1. The number of fused-ring (bicyclic) bond motifs is 1. The highest BCUT2D eigenvalue weighted by Crippen LogP contribution is 2.27. The van der Waals surface area contributed by atoms with Gasteiger partial charge in [-0.15, -0.1) is 11.3 Å². The quantitative estimate of drug-likeness (QED) is 0.685. The molecule has 1 N–H and O–H groups in total. The zero-order valence-corrected chi connectivity index (χ0v) is 13.1. The Bertz CT molecular complexity index is 673. The van der Waals surface area contributed by atoms with E-state index in [0.29, 0.717) is 6.54 Å². The van der Waals surface area contributed by atoms with Gasteiger partial charge < -0.3 is 9.73 Å². The van der Waals surface area contributed by atoms with Crippen molar-refractivity contribution in [1.29, 1.82) is 0 Å². The maximum Gasteiger partial charge on any atom is 0.183 e. The Balaban J connectivity index is 1.76. The maximum absolute atomic E-state index is 5.51. The SMILES string of the molecule is Brc1cc(CNc2ccc3ncsc3c2)oc1Br. The average molecular weight is 388 g/mol. The lowest BCUT2D eigenvalue weighted by molar-refractivity contribution is 0.494. The molecule has 0 radical (unpaired) electrons. The highest BCUT2D eigenvalue weighted by Gasteiger charge is 2.06. The van der Waals surface area contributed by atoms with Crippen molar-refractivity contribution in [2.75, 3.05) is 5.32 Å². The molecule has 0 saturated carbocycles. The Morgan fingerprint density at radius 3 is 2.94 bits per heavy atom. The summed E-state index contributed by atoms with van der Waals surface area (Å²) in [4.78, 5) is 4.25. The first-order valence-electron chi connectivity index (χ1n) is 5.23. The Labute approximate surface area is 124 Å². The number of hydrogen-bond donors (Lipinski definition) is 1. The summed E-state index contributed by atoms with van der Waals surface area (Å²) in [6.07, 6.45) is 0. The molecular weight excluding hydrogens is 380 g/mol. The van der Waals surface area contributed by atoms with Crippen LogP contribution in [0.25, 0.3) is 10.2 Å². The molecule has 3 rings (SSSR count). The van der Waals surface area contributed by atoms with Gasteiger partial charge in [-0.1, -0.05) is 0 Å². The minimum absolute atomic E-state index is 0.647. The molecule has 2 aromatic heterocycles. The van der Waals surface area contributed by atoms with Gasteiger partial charge in [-0.25, -0.2) is 4.98 Å². The van der Waals surface area contributed by atoms with Crippen molar-refractivity contribution < 1.29 is 4.42 Å². The van der Waals surface area contributed by atoms with E-state index in [0.717, 1.165) is 26.1 Å². The summed E-state index contributed by atoms with van der Waals surface area (Å²) in [5.74, 6) is 0.873. The predicted molar refractivity (Wildman–Crippen MR) is 81.1 cm³/mol. The summed E-state index contributed by atoms with van der Waals surface area (Å²) in [5.41, 5.74) is 3.96. The van der Waals surface area contributed by atoms with Crippen LogP contribution in [-0.4, -0.2) is 4.98 Å². The van der Waals surface area contributed by atoms with Gasteiger partial charge in [-0.2, -0.15) is 0 Å². The first-order chi connectivity index (χ1) is 8.72. The van der Waals surface area contributed by atoms with Gasteiger partial charge >= 0.3 is 0 Å². The van der Waals surface area contributed by atoms with E-state index in [1.165, 1.54) is 4.70 Å². The van der Waals surface area contributed by atoms with E-state index in [1.54, 1.807) is 11.3 Å². The lowest BCUT2D eigenvalue weighted by atomic mass is 10.3. The summed E-state index contributed by atoms with van der Waals surface area (Å²) < 4.78 is 8.34. The van der Waals surface area contributed by atoms with Gasteiger partial charge in [-0.05, 0) is 56.1 Å². The monoisotopic (exact) mass is 386 g/mol. The van der Waals surface area contributed by atoms with E-state index in [2.05, 4.69) is 48.2 Å². The fourth-order valence-corrected chi connectivity index (χ4v) is 3.01. The number of thiazole rings is 1. The van der Waals surface area contributed by atoms with Gasteiger partial charge in [0.1, 0.15) is 5.76 Å². The van der Waals surface area contributed by atoms with Crippen molar-refractivity contribution in [3.63, 3.8) is 0 Å². The Hall–Kier alpha value is -0.850. The highest BCUT2D eigenvalue weighted by molar-refractivity contribution is 9.13. The van der Waals surface area contributed by atoms with Crippen molar-refractivity contribution in [2.45, 2.75) is 6.54 Å². The van der Waals surface area contributed by atoms with Crippen LogP contribution in [0.2, 0.25) is 0 Å². The fraction of sp³-hybridized carbons (Fsp3) is 0.0833. The van der Waals surface area contributed by atoms with E-state index in [1.807, 2.05) is 23.7 Å². The highest BCUT2D eigenvalue weighted by atomic mass is 79.9. The van der Waals surface area contributed by atoms with Gasteiger partial charge in [0, 0.05) is 5.69 Å². The molecule has 0 aliphatic rings. The lowest BCUT2D eigenvalue weighted by Gasteiger charge is -2.03. The number of hydrogen-bond acceptors (Lipinski definition) is 4. The minimum atomic E-state index is 0.647. The average Bonchev–Trinajstić information content (AvgIpc) is 2.94. The zero-order chi connectivity index (χ0) is 12.5. The molecule has 18 heavy (non-hydrogen) atoms. The third-order valence-electron chi connectivity index (χ3n) is 2.49. The zero-order valence-electron chi connectivity index (χ0n) is 9.11. The van der Waals surface area contributed by atoms with Crippen LogP contribution in [0, 0.1) is 0 Å². The second-order valence-corrected chi connectivity index (χ2v) is 6.18. The molecule has 0 aliphatic carbocycles. The van der Waals surface area contributed by atoms with Gasteiger partial charge in [0.2, 0.25) is 0 Å². The lowest BCUT2D eigenvalue weighted by Crippen LogP contribution is -1.97. The third kappa shape index (κ3) is 2.46. The van der Waals surface area contributed by atoms with Crippen molar-refractivity contribution in [2.24, 2.45) is 0 Å². The number of rotatable bonds is 3. The van der Waals surface area contributed by atoms with E-state index in [4.69, 9.17) is 4.42 Å². The summed E-state index contributed by atoms with van der Waals surface area (Å²) >= 11 is 8.36. The van der Waals surface area contributed by atoms with Gasteiger partial charge in [0.15, 0.2) is 4.67 Å². The topological polar surface area (TPSA) is 38.1 Å². The van der Waals surface area contributed by atoms with Crippen LogP contribution in [0.4, 0.5) is 5.69 Å². The number of benzene rings is 1. The number of halogens is 2. The Kier molecular flexibility index (Phi) is 3.41. The Morgan fingerprint density at radius 2 is 2.17 bits per heavy atom. The fourth-order valence-electron chi connectivity index (χ4n) is 1.63. The molecule has 3 nitrogen and oxygen atoms in total. The molecule has 0 spiro atoms. The van der Waals surface area contributed by atoms with Gasteiger partial charge in [0.25, 0.3) is 0 Å². The van der Waals surface area contributed by atoms with Crippen LogP contribution in [0.5, 0.6) is 0 Å². The molecule has 1 aromatic carbocycles. The summed E-state index contributed by atoms with van der Waals surface area (Å²) in [6.45, 7) is 0.647. The molecule has 0 atom stereocenters. The van der Waals surface area contributed by atoms with Crippen LogP contribution in [0.1, 0.15) is 5.76 Å². The molecule has 2 heterocycles. The van der Waals surface area contributed by atoms with Crippen molar-refractivity contribution in [3.05, 3.63) is 44.7 Å². The van der Waals surface area contributed by atoms with Crippen LogP contribution >= 0.6 is 43.2 Å². The molecule has 0 bridgehead atoms. The Morgan fingerprint density at radius 1 is 1.28 bits per heavy atom. The summed E-state index contributed by atoms with van der Waals surface area (Å²) in [7, 11) is 0. The van der Waals surface area contributed by atoms with Crippen LogP contribution in [-0.2, 0) is 6.54 Å². The predicted octanol–water partition coefficient (Wildman–Crippen LogP) is 5.03. The standard InChI is InChI=1S/C12H8Br2N2OS/c13-9-4-8(17-12(9)14)5-15-7-1-2-10-11(3-7)18-6-16-10/h1-4,6,15H,5H2. The number of nitrogens with zero attached hydrogens (tertiary/aromatic N) is 1. The number of furan rings is 1. The van der Waals surface area contributed by atoms with Crippen molar-refractivity contribution >= 4 is 59.1 Å². The summed E-state index contributed by atoms with van der Waals surface area (Å²) in [5, 5.41) is 3.33. The van der Waals surface area contributed by atoms with Gasteiger partial charge in [0.05, 0.1) is 26.7 Å². The third-order valence-corrected chi connectivity index (χ3v) is 5.00. The largest absolute Gasteiger partial charge is 0.451 e.